The molecular weight excluding hydrogens is 749 g/mol. The number of benzene rings is 3. The third-order valence-electron chi connectivity index (χ3n) is 10.1. The third-order valence-corrected chi connectivity index (χ3v) is 11.9. The molecule has 288 valence electrons. The van der Waals surface area contributed by atoms with Crippen molar-refractivity contribution in [3.05, 3.63) is 99.3 Å². The summed E-state index contributed by atoms with van der Waals surface area (Å²) in [6, 6.07) is 16.2. The summed E-state index contributed by atoms with van der Waals surface area (Å²) in [4.78, 5) is 20.7. The molecule has 0 spiro atoms. The Balaban J connectivity index is 1.21. The molecule has 6 rings (SSSR count). The number of sulfone groups is 1. The van der Waals surface area contributed by atoms with Crippen molar-refractivity contribution < 1.29 is 32.5 Å². The fraction of sp³-hybridized carbons (Fsp3) is 0.415. The van der Waals surface area contributed by atoms with Crippen LogP contribution in [0.1, 0.15) is 60.8 Å². The van der Waals surface area contributed by atoms with Gasteiger partial charge in [0.05, 0.1) is 21.5 Å². The molecule has 4 aromatic rings. The maximum atomic E-state index is 12.2. The van der Waals surface area contributed by atoms with E-state index in [0.717, 1.165) is 67.4 Å². The number of hydrogen-bond acceptors (Lipinski definition) is 9. The van der Waals surface area contributed by atoms with Crippen LogP contribution in [0.3, 0.4) is 0 Å². The summed E-state index contributed by atoms with van der Waals surface area (Å²) >= 11 is 13.8. The fourth-order valence-corrected chi connectivity index (χ4v) is 8.26. The minimum atomic E-state index is -3.47. The molecule has 1 aromatic heterocycles. The van der Waals surface area contributed by atoms with Crippen LogP contribution in [0.2, 0.25) is 10.0 Å². The number of nitrogens with zero attached hydrogens (tertiary/aromatic N) is 3. The number of likely N-dealkylation sites (tertiary alicyclic amines) is 2. The van der Waals surface area contributed by atoms with Crippen LogP contribution in [0.5, 0.6) is 17.2 Å². The number of carboxylic acid groups (broad SMARTS) is 1. The number of aliphatic carboxylic acids is 1. The van der Waals surface area contributed by atoms with E-state index < -0.39 is 21.8 Å². The number of ether oxygens (including phenoxy) is 3. The Bertz CT molecular complexity index is 2060. The van der Waals surface area contributed by atoms with Gasteiger partial charge in [0.1, 0.15) is 36.5 Å². The lowest BCUT2D eigenvalue weighted by Gasteiger charge is -2.33. The minimum absolute atomic E-state index is 0.0237. The van der Waals surface area contributed by atoms with Crippen LogP contribution in [0.25, 0.3) is 11.1 Å². The van der Waals surface area contributed by atoms with Gasteiger partial charge in [0.15, 0.2) is 9.84 Å². The highest BCUT2D eigenvalue weighted by Crippen LogP contribution is 2.39. The molecule has 2 saturated heterocycles. The first-order valence-electron chi connectivity index (χ1n) is 18.4. The van der Waals surface area contributed by atoms with Crippen LogP contribution in [-0.2, 0) is 34.4 Å². The van der Waals surface area contributed by atoms with E-state index in [1.165, 1.54) is 25.1 Å². The number of hydrogen-bond donors (Lipinski definition) is 1. The molecule has 0 saturated carbocycles. The van der Waals surface area contributed by atoms with Crippen LogP contribution in [0.15, 0.2) is 71.9 Å². The number of aromatic nitrogens is 1. The fourth-order valence-electron chi connectivity index (χ4n) is 7.12. The Morgan fingerprint density at radius 1 is 0.870 bits per heavy atom. The van der Waals surface area contributed by atoms with Crippen LogP contribution < -0.4 is 14.2 Å². The summed E-state index contributed by atoms with van der Waals surface area (Å²) < 4.78 is 43.1. The standard InChI is InChI=1S/C41H47Cl2N3O7S/c1-28-30(10-7-11-33(28)34-12-8-14-37(40(34)43)51-19-9-17-45-15-5-6-16-45)27-53-39-22-38(52-26-29-20-32(24-44-23-29)54(2,49)50)31(21-35(39)42)25-46-18-4-3-13-36(46)41(47)48/h7-8,10-12,14,20-24,36H,3-6,9,13,15-19,25-27H2,1-2H3,(H,47,48)/t36-/m0/s1. The molecule has 10 nitrogen and oxygen atoms in total. The lowest BCUT2D eigenvalue weighted by Crippen LogP contribution is -2.44. The van der Waals surface area contributed by atoms with E-state index >= 15 is 0 Å². The van der Waals surface area contributed by atoms with E-state index in [1.54, 1.807) is 18.3 Å². The average Bonchev–Trinajstić information content (AvgIpc) is 3.67. The van der Waals surface area contributed by atoms with Gasteiger partial charge in [0, 0.05) is 54.5 Å². The molecule has 0 amide bonds. The Labute approximate surface area is 327 Å². The van der Waals surface area contributed by atoms with E-state index in [-0.39, 0.29) is 18.1 Å². The SMILES string of the molecule is Cc1c(COc2cc(OCc3cncc(S(C)(=O)=O)c3)c(CN3CCCC[C@H]3C(=O)O)cc2Cl)cccc1-c1cccc(OCCCN2CCCC2)c1Cl. The second kappa shape index (κ2) is 18.2. The van der Waals surface area contributed by atoms with E-state index in [2.05, 4.69) is 9.88 Å². The predicted octanol–water partition coefficient (Wildman–Crippen LogP) is 8.23. The Morgan fingerprint density at radius 2 is 1.61 bits per heavy atom. The van der Waals surface area contributed by atoms with Crippen molar-refractivity contribution in [1.29, 1.82) is 0 Å². The van der Waals surface area contributed by atoms with Gasteiger partial charge < -0.3 is 24.2 Å². The molecule has 2 aliphatic heterocycles. The first-order valence-corrected chi connectivity index (χ1v) is 21.0. The highest BCUT2D eigenvalue weighted by atomic mass is 35.5. The Hall–Kier alpha value is -3.87. The van der Waals surface area contributed by atoms with Gasteiger partial charge in [-0.2, -0.15) is 0 Å². The molecule has 2 aliphatic rings. The molecule has 1 atom stereocenters. The van der Waals surface area contributed by atoms with Gasteiger partial charge in [0.25, 0.3) is 0 Å². The molecule has 13 heteroatoms. The van der Waals surface area contributed by atoms with Gasteiger partial charge in [-0.3, -0.25) is 14.7 Å². The van der Waals surface area contributed by atoms with Crippen molar-refractivity contribution in [2.24, 2.45) is 0 Å². The van der Waals surface area contributed by atoms with E-state index in [1.807, 2.05) is 48.2 Å². The summed E-state index contributed by atoms with van der Waals surface area (Å²) in [6.45, 7) is 7.14. The zero-order valence-electron chi connectivity index (χ0n) is 30.7. The zero-order valence-corrected chi connectivity index (χ0v) is 33.1. The normalized spacial score (nSPS) is 16.7. The summed E-state index contributed by atoms with van der Waals surface area (Å²) in [6.07, 6.45) is 9.75. The minimum Gasteiger partial charge on any atom is -0.492 e. The molecule has 1 N–H and O–H groups in total. The van der Waals surface area contributed by atoms with Gasteiger partial charge in [0.2, 0.25) is 0 Å². The molecule has 3 aromatic carbocycles. The van der Waals surface area contributed by atoms with E-state index in [0.29, 0.717) is 64.5 Å². The van der Waals surface area contributed by atoms with E-state index in [4.69, 9.17) is 37.4 Å². The zero-order chi connectivity index (χ0) is 38.2. The predicted molar refractivity (Wildman–Crippen MR) is 211 cm³/mol. The lowest BCUT2D eigenvalue weighted by atomic mass is 9.96. The molecule has 54 heavy (non-hydrogen) atoms. The number of carboxylic acids is 1. The second-order valence-electron chi connectivity index (χ2n) is 14.0. The molecule has 0 bridgehead atoms. The van der Waals surface area contributed by atoms with Gasteiger partial charge >= 0.3 is 5.97 Å². The highest BCUT2D eigenvalue weighted by Gasteiger charge is 2.29. The molecular formula is C41H47Cl2N3O7S. The lowest BCUT2D eigenvalue weighted by molar-refractivity contribution is -0.144. The number of rotatable bonds is 16. The largest absolute Gasteiger partial charge is 0.492 e. The maximum Gasteiger partial charge on any atom is 0.320 e. The topological polar surface area (TPSA) is 119 Å². The maximum absolute atomic E-state index is 12.2. The Morgan fingerprint density at radius 3 is 2.39 bits per heavy atom. The van der Waals surface area contributed by atoms with Crippen molar-refractivity contribution in [2.75, 3.05) is 39.0 Å². The first-order chi connectivity index (χ1) is 26.0. The van der Waals surface area contributed by atoms with Crippen LogP contribution >= 0.6 is 23.2 Å². The number of pyridine rings is 1. The van der Waals surface area contributed by atoms with Gasteiger partial charge in [-0.15, -0.1) is 0 Å². The highest BCUT2D eigenvalue weighted by molar-refractivity contribution is 7.90. The monoisotopic (exact) mass is 795 g/mol. The summed E-state index contributed by atoms with van der Waals surface area (Å²) in [5, 5.41) is 10.8. The number of halogens is 2. The van der Waals surface area contributed by atoms with E-state index in [9.17, 15) is 18.3 Å². The molecule has 0 aliphatic carbocycles. The van der Waals surface area contributed by atoms with Crippen molar-refractivity contribution in [3.63, 3.8) is 0 Å². The summed E-state index contributed by atoms with van der Waals surface area (Å²) in [5.41, 5.74) is 5.03. The molecule has 3 heterocycles. The van der Waals surface area contributed by atoms with Crippen molar-refractivity contribution >= 4 is 39.0 Å². The average molecular weight is 797 g/mol. The van der Waals surface area contributed by atoms with Crippen LogP contribution in [0, 0.1) is 6.92 Å². The van der Waals surface area contributed by atoms with Crippen molar-refractivity contribution in [3.8, 4) is 28.4 Å². The number of piperidine rings is 1. The molecule has 0 unspecified atom stereocenters. The van der Waals surface area contributed by atoms with Gasteiger partial charge in [-0.1, -0.05) is 60.0 Å². The number of carbonyl (C=O) groups is 1. The van der Waals surface area contributed by atoms with Crippen LogP contribution in [0.4, 0.5) is 0 Å². The van der Waals surface area contributed by atoms with Gasteiger partial charge in [-0.25, -0.2) is 8.42 Å². The smallest absolute Gasteiger partial charge is 0.320 e. The van der Waals surface area contributed by atoms with Crippen molar-refractivity contribution in [1.82, 2.24) is 14.8 Å². The molecule has 2 fully saturated rings. The van der Waals surface area contributed by atoms with Crippen LogP contribution in [-0.4, -0.2) is 79.4 Å². The third kappa shape index (κ3) is 10.1. The summed E-state index contributed by atoms with van der Waals surface area (Å²) in [7, 11) is -3.47. The van der Waals surface area contributed by atoms with Gasteiger partial charge in [-0.05, 0) is 93.6 Å². The first kappa shape index (κ1) is 39.8. The molecule has 0 radical (unpaired) electrons. The van der Waals surface area contributed by atoms with Crippen molar-refractivity contribution in [2.45, 2.75) is 76.1 Å². The quantitative estimate of drug-likeness (QED) is 0.111. The summed E-state index contributed by atoms with van der Waals surface area (Å²) in [5.74, 6) is 0.634. The second-order valence-corrected chi connectivity index (χ2v) is 16.8. The Kier molecular flexibility index (Phi) is 13.4.